The molecule has 3 heteroatoms. The van der Waals surface area contributed by atoms with Crippen molar-refractivity contribution in [3.8, 4) is 11.5 Å². The molecule has 18 heavy (non-hydrogen) atoms. The quantitative estimate of drug-likeness (QED) is 0.874. The Morgan fingerprint density at radius 2 is 2.06 bits per heavy atom. The number of benzene rings is 1. The van der Waals surface area contributed by atoms with Gasteiger partial charge in [0.05, 0.1) is 6.61 Å². The van der Waals surface area contributed by atoms with E-state index < -0.39 is 0 Å². The van der Waals surface area contributed by atoms with Gasteiger partial charge in [-0.05, 0) is 30.9 Å². The molecule has 2 heterocycles. The Bertz CT molecular complexity index is 475. The molecule has 0 saturated carbocycles. The standard InChI is InChI=1S/C15H20O3/c1-3-10-9-13-12(11(4-2)14(10)16)5-6-15(18-13)7-8-17-15/h9,16H,3-8H2,1-2H3. The van der Waals surface area contributed by atoms with Crippen molar-refractivity contribution in [2.24, 2.45) is 0 Å². The Morgan fingerprint density at radius 3 is 2.61 bits per heavy atom. The van der Waals surface area contributed by atoms with Crippen molar-refractivity contribution in [3.05, 3.63) is 22.8 Å². The van der Waals surface area contributed by atoms with E-state index in [-0.39, 0.29) is 5.79 Å². The largest absolute Gasteiger partial charge is 0.507 e. The zero-order valence-electron chi connectivity index (χ0n) is 11.1. The first-order valence-electron chi connectivity index (χ1n) is 6.88. The molecule has 1 aromatic rings. The smallest absolute Gasteiger partial charge is 0.213 e. The van der Waals surface area contributed by atoms with Crippen LogP contribution < -0.4 is 4.74 Å². The van der Waals surface area contributed by atoms with Crippen LogP contribution in [-0.4, -0.2) is 17.5 Å². The second-order valence-electron chi connectivity index (χ2n) is 5.16. The predicted molar refractivity (Wildman–Crippen MR) is 69.1 cm³/mol. The summed E-state index contributed by atoms with van der Waals surface area (Å²) >= 11 is 0. The van der Waals surface area contributed by atoms with Gasteiger partial charge in [0.1, 0.15) is 11.5 Å². The Labute approximate surface area is 108 Å². The van der Waals surface area contributed by atoms with Crippen LogP contribution in [-0.2, 0) is 24.0 Å². The van der Waals surface area contributed by atoms with Gasteiger partial charge in [-0.3, -0.25) is 0 Å². The van der Waals surface area contributed by atoms with Crippen LogP contribution >= 0.6 is 0 Å². The van der Waals surface area contributed by atoms with E-state index in [4.69, 9.17) is 9.47 Å². The zero-order valence-corrected chi connectivity index (χ0v) is 11.1. The average Bonchev–Trinajstić information content (AvgIpc) is 2.35. The molecule has 0 amide bonds. The molecule has 1 aromatic carbocycles. The van der Waals surface area contributed by atoms with Gasteiger partial charge in [0, 0.05) is 24.0 Å². The van der Waals surface area contributed by atoms with Gasteiger partial charge in [-0.2, -0.15) is 0 Å². The van der Waals surface area contributed by atoms with Crippen molar-refractivity contribution in [1.82, 2.24) is 0 Å². The topological polar surface area (TPSA) is 38.7 Å². The highest BCUT2D eigenvalue weighted by Crippen LogP contribution is 2.45. The molecule has 2 aliphatic rings. The lowest BCUT2D eigenvalue weighted by atomic mass is 9.89. The summed E-state index contributed by atoms with van der Waals surface area (Å²) in [5.41, 5.74) is 3.20. The molecule has 2 aliphatic heterocycles. The van der Waals surface area contributed by atoms with Crippen molar-refractivity contribution < 1.29 is 14.6 Å². The van der Waals surface area contributed by atoms with E-state index >= 15 is 0 Å². The maximum atomic E-state index is 10.3. The van der Waals surface area contributed by atoms with E-state index in [2.05, 4.69) is 13.8 Å². The minimum absolute atomic E-state index is 0.361. The molecule has 1 atom stereocenters. The van der Waals surface area contributed by atoms with Crippen molar-refractivity contribution >= 4 is 0 Å². The fraction of sp³-hybridized carbons (Fsp3) is 0.600. The second-order valence-corrected chi connectivity index (χ2v) is 5.16. The normalized spacial score (nSPS) is 25.4. The highest BCUT2D eigenvalue weighted by molar-refractivity contribution is 5.54. The third-order valence-electron chi connectivity index (χ3n) is 4.19. The first-order chi connectivity index (χ1) is 8.69. The van der Waals surface area contributed by atoms with Crippen molar-refractivity contribution in [3.63, 3.8) is 0 Å². The number of phenols is 1. The van der Waals surface area contributed by atoms with Crippen molar-refractivity contribution in [1.29, 1.82) is 0 Å². The van der Waals surface area contributed by atoms with Gasteiger partial charge >= 0.3 is 0 Å². The van der Waals surface area contributed by atoms with E-state index in [0.29, 0.717) is 5.75 Å². The third-order valence-corrected chi connectivity index (χ3v) is 4.19. The summed E-state index contributed by atoms with van der Waals surface area (Å²) < 4.78 is 11.7. The monoisotopic (exact) mass is 248 g/mol. The van der Waals surface area contributed by atoms with Crippen molar-refractivity contribution in [2.75, 3.05) is 6.61 Å². The predicted octanol–water partition coefficient (Wildman–Crippen LogP) is 2.96. The summed E-state index contributed by atoms with van der Waals surface area (Å²) in [6.07, 6.45) is 4.49. The van der Waals surface area contributed by atoms with Gasteiger partial charge in [0.25, 0.3) is 0 Å². The number of hydrogen-bond acceptors (Lipinski definition) is 3. The maximum Gasteiger partial charge on any atom is 0.213 e. The first kappa shape index (κ1) is 11.8. The summed E-state index contributed by atoms with van der Waals surface area (Å²) in [6.45, 7) is 4.94. The first-order valence-corrected chi connectivity index (χ1v) is 6.88. The number of ether oxygens (including phenoxy) is 2. The molecule has 1 N–H and O–H groups in total. The van der Waals surface area contributed by atoms with Gasteiger partial charge in [-0.15, -0.1) is 0 Å². The molecule has 3 rings (SSSR count). The molecule has 1 spiro atoms. The Kier molecular flexibility index (Phi) is 2.74. The molecule has 1 fully saturated rings. The Hall–Kier alpha value is -1.22. The Morgan fingerprint density at radius 1 is 1.28 bits per heavy atom. The summed E-state index contributed by atoms with van der Waals surface area (Å²) in [7, 11) is 0. The lowest BCUT2D eigenvalue weighted by Crippen LogP contribution is -2.51. The molecular weight excluding hydrogens is 228 g/mol. The van der Waals surface area contributed by atoms with E-state index in [0.717, 1.165) is 55.6 Å². The van der Waals surface area contributed by atoms with E-state index in [1.54, 1.807) is 0 Å². The summed E-state index contributed by atoms with van der Waals surface area (Å²) in [4.78, 5) is 0. The molecular formula is C15H20O3. The Balaban J connectivity index is 2.06. The van der Waals surface area contributed by atoms with Gasteiger partial charge in [-0.25, -0.2) is 0 Å². The number of aryl methyl sites for hydroxylation is 1. The summed E-state index contributed by atoms with van der Waals surface area (Å²) in [5.74, 6) is 1.03. The van der Waals surface area contributed by atoms with Crippen LogP contribution in [0.3, 0.4) is 0 Å². The molecule has 0 radical (unpaired) electrons. The molecule has 1 saturated heterocycles. The highest BCUT2D eigenvalue weighted by Gasteiger charge is 2.44. The number of fused-ring (bicyclic) bond motifs is 1. The number of aromatic hydroxyl groups is 1. The van der Waals surface area contributed by atoms with Crippen LogP contribution in [0.2, 0.25) is 0 Å². The van der Waals surface area contributed by atoms with Crippen LogP contribution in [0.15, 0.2) is 6.07 Å². The van der Waals surface area contributed by atoms with Gasteiger partial charge < -0.3 is 14.6 Å². The van der Waals surface area contributed by atoms with Crippen LogP contribution in [0.4, 0.5) is 0 Å². The van der Waals surface area contributed by atoms with Crippen LogP contribution in [0.25, 0.3) is 0 Å². The maximum absolute atomic E-state index is 10.3. The second kappa shape index (κ2) is 4.16. The zero-order chi connectivity index (χ0) is 12.8. The lowest BCUT2D eigenvalue weighted by Gasteiger charge is -2.45. The van der Waals surface area contributed by atoms with Crippen LogP contribution in [0, 0.1) is 0 Å². The molecule has 0 aromatic heterocycles. The van der Waals surface area contributed by atoms with Gasteiger partial charge in [0.2, 0.25) is 5.79 Å². The molecule has 1 unspecified atom stereocenters. The number of hydrogen-bond donors (Lipinski definition) is 1. The van der Waals surface area contributed by atoms with Crippen LogP contribution in [0.5, 0.6) is 11.5 Å². The molecule has 0 bridgehead atoms. The molecule has 0 aliphatic carbocycles. The van der Waals surface area contributed by atoms with Crippen LogP contribution in [0.1, 0.15) is 43.4 Å². The fourth-order valence-electron chi connectivity index (χ4n) is 2.99. The SMILES string of the molecule is CCc1cc2c(c(CC)c1O)CCC1(CCO1)O2. The average molecular weight is 248 g/mol. The fourth-order valence-corrected chi connectivity index (χ4v) is 2.99. The van der Waals surface area contributed by atoms with Gasteiger partial charge in [0.15, 0.2) is 0 Å². The van der Waals surface area contributed by atoms with Gasteiger partial charge in [-0.1, -0.05) is 13.8 Å². The lowest BCUT2D eigenvalue weighted by molar-refractivity contribution is -0.271. The third kappa shape index (κ3) is 1.61. The van der Waals surface area contributed by atoms with E-state index in [1.807, 2.05) is 6.07 Å². The number of rotatable bonds is 2. The summed E-state index contributed by atoms with van der Waals surface area (Å²) in [5, 5.41) is 10.3. The minimum atomic E-state index is -0.361. The molecule has 98 valence electrons. The van der Waals surface area contributed by atoms with E-state index in [1.165, 1.54) is 5.56 Å². The minimum Gasteiger partial charge on any atom is -0.507 e. The summed E-state index contributed by atoms with van der Waals surface area (Å²) in [6, 6.07) is 1.99. The molecule has 3 nitrogen and oxygen atoms in total. The van der Waals surface area contributed by atoms with E-state index in [9.17, 15) is 5.11 Å². The highest BCUT2D eigenvalue weighted by atomic mass is 16.7. The number of phenolic OH excluding ortho intramolecular Hbond substituents is 1. The van der Waals surface area contributed by atoms with Crippen molar-refractivity contribution in [2.45, 2.75) is 51.7 Å².